The molecular weight excluding hydrogens is 260 g/mol. The van der Waals surface area contributed by atoms with Gasteiger partial charge in [0.05, 0.1) is 6.54 Å². The lowest BCUT2D eigenvalue weighted by Gasteiger charge is -2.21. The molecule has 7 heteroatoms. The number of rotatable bonds is 3. The average molecular weight is 276 g/mol. The number of hydrogen-bond donors (Lipinski definition) is 2. The molecule has 7 nitrogen and oxygen atoms in total. The van der Waals surface area contributed by atoms with Gasteiger partial charge >= 0.3 is 6.09 Å². The van der Waals surface area contributed by atoms with Gasteiger partial charge in [-0.25, -0.2) is 9.78 Å². The van der Waals surface area contributed by atoms with E-state index in [9.17, 15) is 4.79 Å². The van der Waals surface area contributed by atoms with Crippen molar-refractivity contribution in [3.63, 3.8) is 0 Å². The number of ether oxygens (including phenoxy) is 2. The Labute approximate surface area is 116 Å². The molecule has 0 aromatic carbocycles. The zero-order chi connectivity index (χ0) is 14.1. The molecule has 3 rings (SSSR count). The molecular formula is C13H16N4O3. The lowest BCUT2D eigenvalue weighted by Crippen LogP contribution is -2.27. The van der Waals surface area contributed by atoms with Gasteiger partial charge in [0.15, 0.2) is 11.6 Å². The Kier molecular flexibility index (Phi) is 3.19. The van der Waals surface area contributed by atoms with Crippen LogP contribution in [0, 0.1) is 0 Å². The van der Waals surface area contributed by atoms with Crippen molar-refractivity contribution in [1.29, 1.82) is 0 Å². The van der Waals surface area contributed by atoms with Gasteiger partial charge in [-0.2, -0.15) is 0 Å². The minimum atomic E-state index is -0.397. The fraction of sp³-hybridized carbons (Fsp3) is 0.385. The fourth-order valence-electron chi connectivity index (χ4n) is 2.21. The van der Waals surface area contributed by atoms with E-state index in [0.29, 0.717) is 43.5 Å². The summed E-state index contributed by atoms with van der Waals surface area (Å²) in [6, 6.07) is 3.52. The van der Waals surface area contributed by atoms with Crippen molar-refractivity contribution in [1.82, 2.24) is 4.98 Å². The Morgan fingerprint density at radius 1 is 1.55 bits per heavy atom. The second-order valence-electron chi connectivity index (χ2n) is 4.73. The summed E-state index contributed by atoms with van der Waals surface area (Å²) in [5, 5.41) is 3.05. The highest BCUT2D eigenvalue weighted by atomic mass is 16.6. The van der Waals surface area contributed by atoms with Crippen LogP contribution in [0.5, 0.6) is 5.75 Å². The van der Waals surface area contributed by atoms with Crippen molar-refractivity contribution in [3.8, 4) is 5.75 Å². The van der Waals surface area contributed by atoms with Crippen molar-refractivity contribution in [2.45, 2.75) is 12.5 Å². The molecule has 1 aromatic heterocycles. The van der Waals surface area contributed by atoms with Gasteiger partial charge in [0.25, 0.3) is 0 Å². The number of hydrogen-bond acceptors (Lipinski definition) is 6. The van der Waals surface area contributed by atoms with Crippen LogP contribution in [0.2, 0.25) is 0 Å². The van der Waals surface area contributed by atoms with Crippen molar-refractivity contribution in [3.05, 3.63) is 24.4 Å². The van der Waals surface area contributed by atoms with Crippen LogP contribution in [0.1, 0.15) is 6.42 Å². The Morgan fingerprint density at radius 2 is 2.40 bits per heavy atom. The number of nitrogens with one attached hydrogen (secondary N) is 1. The van der Waals surface area contributed by atoms with Gasteiger partial charge < -0.3 is 20.5 Å². The highest BCUT2D eigenvalue weighted by Crippen LogP contribution is 2.31. The first-order valence-electron chi connectivity index (χ1n) is 6.44. The Bertz CT molecular complexity index is 561. The van der Waals surface area contributed by atoms with Gasteiger partial charge in [-0.1, -0.05) is 6.58 Å². The van der Waals surface area contributed by atoms with E-state index in [-0.39, 0.29) is 6.10 Å². The van der Waals surface area contributed by atoms with Crippen LogP contribution in [0.4, 0.5) is 16.4 Å². The summed E-state index contributed by atoms with van der Waals surface area (Å²) in [5.74, 6) is 1.74. The zero-order valence-electron chi connectivity index (χ0n) is 11.0. The Hall–Kier alpha value is -2.28. The summed E-state index contributed by atoms with van der Waals surface area (Å²) in [6.45, 7) is 5.16. The summed E-state index contributed by atoms with van der Waals surface area (Å²) in [7, 11) is 0. The van der Waals surface area contributed by atoms with E-state index in [2.05, 4.69) is 16.9 Å². The van der Waals surface area contributed by atoms with E-state index in [1.807, 2.05) is 0 Å². The molecule has 2 aliphatic heterocycles. The van der Waals surface area contributed by atoms with Crippen molar-refractivity contribution in [2.24, 2.45) is 5.73 Å². The predicted octanol–water partition coefficient (Wildman–Crippen LogP) is 1.07. The number of anilines is 2. The van der Waals surface area contributed by atoms with Gasteiger partial charge in [-0.3, -0.25) is 4.90 Å². The van der Waals surface area contributed by atoms with Gasteiger partial charge in [0.1, 0.15) is 18.5 Å². The Morgan fingerprint density at radius 3 is 3.20 bits per heavy atom. The number of aromatic nitrogens is 1. The standard InChI is InChI=1S/C13H16N4O3/c1-8-7-19-10-2-3-11(16-12(10)15-8)17-6-9(4-5-14)20-13(17)18/h2-3,9H,1,4-7,14H2,(H,15,16). The summed E-state index contributed by atoms with van der Waals surface area (Å²) in [4.78, 5) is 17.7. The third-order valence-corrected chi connectivity index (χ3v) is 3.18. The van der Waals surface area contributed by atoms with Gasteiger partial charge in [0.2, 0.25) is 0 Å². The van der Waals surface area contributed by atoms with Crippen LogP contribution in [0.25, 0.3) is 0 Å². The maximum atomic E-state index is 11.8. The molecule has 106 valence electrons. The van der Waals surface area contributed by atoms with Crippen LogP contribution in [-0.4, -0.2) is 36.9 Å². The molecule has 1 fully saturated rings. The van der Waals surface area contributed by atoms with Crippen molar-refractivity contribution < 1.29 is 14.3 Å². The predicted molar refractivity (Wildman–Crippen MR) is 73.8 cm³/mol. The fourth-order valence-corrected chi connectivity index (χ4v) is 2.21. The minimum Gasteiger partial charge on any atom is -0.484 e. The molecule has 0 saturated carbocycles. The van der Waals surface area contributed by atoms with Crippen molar-refractivity contribution >= 4 is 17.7 Å². The summed E-state index contributed by atoms with van der Waals surface area (Å²) >= 11 is 0. The topological polar surface area (TPSA) is 89.7 Å². The molecule has 0 spiro atoms. The molecule has 0 radical (unpaired) electrons. The average Bonchev–Trinajstić information content (AvgIpc) is 2.79. The van der Waals surface area contributed by atoms with Gasteiger partial charge in [0, 0.05) is 5.70 Å². The largest absolute Gasteiger partial charge is 0.484 e. The Balaban J connectivity index is 1.82. The molecule has 1 saturated heterocycles. The smallest absolute Gasteiger partial charge is 0.415 e. The number of pyridine rings is 1. The zero-order valence-corrected chi connectivity index (χ0v) is 11.0. The quantitative estimate of drug-likeness (QED) is 0.858. The summed E-state index contributed by atoms with van der Waals surface area (Å²) in [5.41, 5.74) is 6.21. The molecule has 0 bridgehead atoms. The highest BCUT2D eigenvalue weighted by Gasteiger charge is 2.33. The van der Waals surface area contributed by atoms with Gasteiger partial charge in [-0.05, 0) is 25.1 Å². The number of nitrogens with two attached hydrogens (primary N) is 1. The minimum absolute atomic E-state index is 0.176. The van der Waals surface area contributed by atoms with Gasteiger partial charge in [-0.15, -0.1) is 0 Å². The third-order valence-electron chi connectivity index (χ3n) is 3.18. The molecule has 0 aliphatic carbocycles. The van der Waals surface area contributed by atoms with E-state index < -0.39 is 6.09 Å². The van der Waals surface area contributed by atoms with E-state index in [0.717, 1.165) is 5.70 Å². The van der Waals surface area contributed by atoms with Crippen LogP contribution in [0.15, 0.2) is 24.4 Å². The maximum Gasteiger partial charge on any atom is 0.415 e. The molecule has 2 aliphatic rings. The lowest BCUT2D eigenvalue weighted by atomic mass is 10.2. The molecule has 1 aromatic rings. The summed E-state index contributed by atoms with van der Waals surface area (Å²) < 4.78 is 10.7. The first kappa shape index (κ1) is 12.7. The lowest BCUT2D eigenvalue weighted by molar-refractivity contribution is 0.138. The molecule has 20 heavy (non-hydrogen) atoms. The molecule has 1 amide bonds. The van der Waals surface area contributed by atoms with Crippen molar-refractivity contribution in [2.75, 3.05) is 29.9 Å². The highest BCUT2D eigenvalue weighted by molar-refractivity contribution is 5.89. The molecule has 3 N–H and O–H groups in total. The van der Waals surface area contributed by atoms with E-state index in [1.165, 1.54) is 4.90 Å². The number of fused-ring (bicyclic) bond motifs is 1. The number of carbonyl (C=O) groups excluding carboxylic acids is 1. The second kappa shape index (κ2) is 5.01. The maximum absolute atomic E-state index is 11.8. The first-order chi connectivity index (χ1) is 9.67. The van der Waals surface area contributed by atoms with Crippen LogP contribution < -0.4 is 20.7 Å². The number of amides is 1. The number of cyclic esters (lactones) is 1. The van der Waals surface area contributed by atoms with E-state index in [4.69, 9.17) is 15.2 Å². The van der Waals surface area contributed by atoms with E-state index in [1.54, 1.807) is 12.1 Å². The SMILES string of the molecule is C=C1COc2ccc(N3CC(CCN)OC3=O)nc2N1. The van der Waals surface area contributed by atoms with Crippen LogP contribution in [0.3, 0.4) is 0 Å². The number of carbonyl (C=O) groups is 1. The normalized spacial score (nSPS) is 21.1. The third kappa shape index (κ3) is 2.27. The van der Waals surface area contributed by atoms with Crippen LogP contribution in [-0.2, 0) is 4.74 Å². The van der Waals surface area contributed by atoms with Crippen LogP contribution >= 0.6 is 0 Å². The van der Waals surface area contributed by atoms with E-state index >= 15 is 0 Å². The monoisotopic (exact) mass is 276 g/mol. The molecule has 1 atom stereocenters. The molecule has 3 heterocycles. The second-order valence-corrected chi connectivity index (χ2v) is 4.73. The first-order valence-corrected chi connectivity index (χ1v) is 6.44. The summed E-state index contributed by atoms with van der Waals surface area (Å²) in [6.07, 6.45) is 0.0710. The number of nitrogens with zero attached hydrogens (tertiary/aromatic N) is 2. The molecule has 1 unspecified atom stereocenters.